The van der Waals surface area contributed by atoms with E-state index in [-0.39, 0.29) is 11.8 Å². The summed E-state index contributed by atoms with van der Waals surface area (Å²) in [5.74, 6) is 0.293. The normalized spacial score (nSPS) is 16.5. The van der Waals surface area contributed by atoms with Gasteiger partial charge in [0, 0.05) is 53.3 Å². The molecule has 0 spiro atoms. The summed E-state index contributed by atoms with van der Waals surface area (Å²) in [6.07, 6.45) is 1.99. The second-order valence-corrected chi connectivity index (χ2v) is 8.93. The Morgan fingerprint density at radius 3 is 2.78 bits per heavy atom. The fourth-order valence-corrected chi connectivity index (χ4v) is 4.84. The van der Waals surface area contributed by atoms with Crippen LogP contribution in [0.5, 0.6) is 0 Å². The summed E-state index contributed by atoms with van der Waals surface area (Å²) < 4.78 is 1.86. The molecule has 2 aromatic heterocycles. The van der Waals surface area contributed by atoms with Crippen LogP contribution < -0.4 is 0 Å². The van der Waals surface area contributed by atoms with E-state index in [0.717, 1.165) is 58.5 Å². The van der Waals surface area contributed by atoms with Gasteiger partial charge in [0.1, 0.15) is 0 Å². The van der Waals surface area contributed by atoms with Crippen LogP contribution >= 0.6 is 11.6 Å². The molecule has 1 amide bonds. The molecular weight excluding hydrogens is 420 g/mol. The van der Waals surface area contributed by atoms with E-state index >= 15 is 0 Å². The van der Waals surface area contributed by atoms with Crippen molar-refractivity contribution in [3.8, 4) is 11.3 Å². The number of nitrogens with zero attached hydrogens (tertiary/aromatic N) is 4. The lowest BCUT2D eigenvalue weighted by Crippen LogP contribution is -2.39. The Labute approximate surface area is 192 Å². The van der Waals surface area contributed by atoms with Gasteiger partial charge in [0.05, 0.1) is 16.9 Å². The van der Waals surface area contributed by atoms with Crippen molar-refractivity contribution in [3.63, 3.8) is 0 Å². The van der Waals surface area contributed by atoms with Gasteiger partial charge in [-0.3, -0.25) is 14.5 Å². The number of likely N-dealkylation sites (tertiary alicyclic amines) is 1. The lowest BCUT2D eigenvalue weighted by atomic mass is 9.93. The number of hydrogen-bond acceptors (Lipinski definition) is 3. The number of fused-ring (bicyclic) bond motifs is 1. The molecule has 5 nitrogen and oxygen atoms in total. The van der Waals surface area contributed by atoms with Crippen molar-refractivity contribution in [2.45, 2.75) is 25.7 Å². The second-order valence-electron chi connectivity index (χ2n) is 8.49. The van der Waals surface area contributed by atoms with Gasteiger partial charge < -0.3 is 4.90 Å². The third kappa shape index (κ3) is 3.89. The number of piperidine rings is 1. The van der Waals surface area contributed by atoms with Gasteiger partial charge in [0.25, 0.3) is 5.91 Å². The number of aryl methyl sites for hydroxylation is 2. The summed E-state index contributed by atoms with van der Waals surface area (Å²) in [7, 11) is 1.93. The third-order valence-electron chi connectivity index (χ3n) is 6.30. The molecule has 5 rings (SSSR count). The minimum atomic E-state index is 0.0749. The molecule has 6 heteroatoms. The molecule has 1 atom stereocenters. The van der Waals surface area contributed by atoms with Gasteiger partial charge in [-0.05, 0) is 62.2 Å². The Morgan fingerprint density at radius 1 is 1.09 bits per heavy atom. The van der Waals surface area contributed by atoms with E-state index in [1.54, 1.807) is 0 Å². The fourth-order valence-electron chi connectivity index (χ4n) is 4.65. The van der Waals surface area contributed by atoms with E-state index in [0.29, 0.717) is 11.6 Å². The fraction of sp³-hybridized carbons (Fsp3) is 0.269. The average molecular weight is 445 g/mol. The van der Waals surface area contributed by atoms with Crippen molar-refractivity contribution in [2.75, 3.05) is 13.1 Å². The van der Waals surface area contributed by atoms with Crippen LogP contribution in [0.25, 0.3) is 22.2 Å². The number of halogens is 1. The maximum absolute atomic E-state index is 13.3. The van der Waals surface area contributed by atoms with Gasteiger partial charge in [-0.1, -0.05) is 29.8 Å². The maximum Gasteiger partial charge on any atom is 0.253 e. The van der Waals surface area contributed by atoms with E-state index in [4.69, 9.17) is 16.6 Å². The number of carbonyl (C=O) groups excluding carboxylic acids is 1. The Morgan fingerprint density at radius 2 is 1.94 bits per heavy atom. The van der Waals surface area contributed by atoms with Crippen molar-refractivity contribution < 1.29 is 4.79 Å². The molecule has 3 heterocycles. The first kappa shape index (κ1) is 20.7. The first-order chi connectivity index (χ1) is 15.5. The molecule has 1 saturated heterocycles. The summed E-state index contributed by atoms with van der Waals surface area (Å²) in [5, 5.41) is 6.20. The van der Waals surface area contributed by atoms with Crippen molar-refractivity contribution in [3.05, 3.63) is 82.6 Å². The number of amides is 1. The van der Waals surface area contributed by atoms with Crippen LogP contribution in [-0.4, -0.2) is 38.7 Å². The van der Waals surface area contributed by atoms with Gasteiger partial charge in [0.15, 0.2) is 0 Å². The molecule has 0 bridgehead atoms. The van der Waals surface area contributed by atoms with Gasteiger partial charge >= 0.3 is 0 Å². The smallest absolute Gasteiger partial charge is 0.253 e. The number of aromatic nitrogens is 3. The van der Waals surface area contributed by atoms with Crippen molar-refractivity contribution in [2.24, 2.45) is 7.05 Å². The lowest BCUT2D eigenvalue weighted by molar-refractivity contribution is 0.0706. The van der Waals surface area contributed by atoms with Gasteiger partial charge in [-0.15, -0.1) is 0 Å². The monoisotopic (exact) mass is 444 g/mol. The van der Waals surface area contributed by atoms with Crippen LogP contribution in [-0.2, 0) is 7.05 Å². The quantitative estimate of drug-likeness (QED) is 0.412. The molecule has 0 unspecified atom stereocenters. The highest BCUT2D eigenvalue weighted by atomic mass is 35.5. The Balaban J connectivity index is 1.38. The number of benzene rings is 2. The maximum atomic E-state index is 13.3. The number of rotatable bonds is 3. The van der Waals surface area contributed by atoms with E-state index in [9.17, 15) is 4.79 Å². The van der Waals surface area contributed by atoms with Gasteiger partial charge in [-0.25, -0.2) is 0 Å². The number of hydrogen-bond donors (Lipinski definition) is 0. The zero-order valence-corrected chi connectivity index (χ0v) is 19.0. The molecule has 0 N–H and O–H groups in total. The largest absolute Gasteiger partial charge is 0.338 e. The van der Waals surface area contributed by atoms with Crippen LogP contribution in [0.2, 0.25) is 5.02 Å². The lowest BCUT2D eigenvalue weighted by Gasteiger charge is -2.32. The number of pyridine rings is 1. The Hall–Kier alpha value is -3.18. The van der Waals surface area contributed by atoms with Gasteiger partial charge in [-0.2, -0.15) is 5.10 Å². The van der Waals surface area contributed by atoms with Crippen LogP contribution in [0.3, 0.4) is 0 Å². The standard InChI is InChI=1S/C26H25ClN4O/c1-17-22-15-19(11-12-25(22)30(2)29-17)26(32)31-13-5-7-20(16-31)24-10-4-9-23(28-24)18-6-3-8-21(27)14-18/h3-4,6,8-12,14-15,20H,5,7,13,16H2,1-2H3/t20-/m1/s1. The van der Waals surface area contributed by atoms with Crippen molar-refractivity contribution in [1.29, 1.82) is 0 Å². The van der Waals surface area contributed by atoms with Crippen molar-refractivity contribution in [1.82, 2.24) is 19.7 Å². The molecule has 0 saturated carbocycles. The molecule has 0 radical (unpaired) electrons. The topological polar surface area (TPSA) is 51.0 Å². The predicted octanol–water partition coefficient (Wildman–Crippen LogP) is 5.62. The first-order valence-electron chi connectivity index (χ1n) is 10.9. The van der Waals surface area contributed by atoms with Crippen LogP contribution in [0.4, 0.5) is 0 Å². The molecule has 4 aromatic rings. The molecule has 1 aliphatic heterocycles. The second kappa shape index (κ2) is 8.40. The minimum Gasteiger partial charge on any atom is -0.338 e. The first-order valence-corrected chi connectivity index (χ1v) is 11.3. The molecule has 162 valence electrons. The summed E-state index contributed by atoms with van der Waals surface area (Å²) in [6, 6.07) is 19.7. The summed E-state index contributed by atoms with van der Waals surface area (Å²) >= 11 is 6.17. The highest BCUT2D eigenvalue weighted by Gasteiger charge is 2.27. The molecule has 32 heavy (non-hydrogen) atoms. The highest BCUT2D eigenvalue weighted by molar-refractivity contribution is 6.30. The zero-order valence-electron chi connectivity index (χ0n) is 18.3. The van der Waals surface area contributed by atoms with Crippen LogP contribution in [0, 0.1) is 6.92 Å². The zero-order chi connectivity index (χ0) is 22.2. The average Bonchev–Trinajstić information content (AvgIpc) is 3.11. The highest BCUT2D eigenvalue weighted by Crippen LogP contribution is 2.29. The summed E-state index contributed by atoms with van der Waals surface area (Å²) in [6.45, 7) is 3.42. The Kier molecular flexibility index (Phi) is 5.43. The van der Waals surface area contributed by atoms with Crippen LogP contribution in [0.15, 0.2) is 60.7 Å². The van der Waals surface area contributed by atoms with E-state index < -0.39 is 0 Å². The molecular formula is C26H25ClN4O. The molecule has 0 aliphatic carbocycles. The van der Waals surface area contributed by atoms with E-state index in [2.05, 4.69) is 11.2 Å². The molecule has 2 aromatic carbocycles. The van der Waals surface area contributed by atoms with Crippen LogP contribution in [0.1, 0.15) is 40.5 Å². The minimum absolute atomic E-state index is 0.0749. The predicted molar refractivity (Wildman–Crippen MR) is 128 cm³/mol. The molecule has 1 fully saturated rings. The van der Waals surface area contributed by atoms with E-state index in [1.807, 2.05) is 78.2 Å². The third-order valence-corrected chi connectivity index (χ3v) is 6.53. The van der Waals surface area contributed by atoms with E-state index in [1.165, 1.54) is 0 Å². The van der Waals surface area contributed by atoms with Crippen molar-refractivity contribution >= 4 is 28.4 Å². The summed E-state index contributed by atoms with van der Waals surface area (Å²) in [5.41, 5.74) is 5.64. The number of carbonyl (C=O) groups is 1. The Bertz CT molecular complexity index is 1310. The van der Waals surface area contributed by atoms with Gasteiger partial charge in [0.2, 0.25) is 0 Å². The SMILES string of the molecule is Cc1nn(C)c2ccc(C(=O)N3CCC[C@@H](c4cccc(-c5cccc(Cl)c5)n4)C3)cc12. The molecule has 1 aliphatic rings. The summed E-state index contributed by atoms with van der Waals surface area (Å²) in [4.78, 5) is 20.2.